The van der Waals surface area contributed by atoms with Crippen molar-refractivity contribution in [3.63, 3.8) is 0 Å². The van der Waals surface area contributed by atoms with Gasteiger partial charge in [-0.1, -0.05) is 11.3 Å². The van der Waals surface area contributed by atoms with Gasteiger partial charge in [0.25, 0.3) is 0 Å². The highest BCUT2D eigenvalue weighted by atomic mass is 32.1. The maximum atomic E-state index is 5.69. The standard InChI is InChI=1S/C14H13N5OS/c1-8-2-3-16-13(17-8)19-14-18-12-10-5-15-4-9(10)6-20-7-11(12)21-14/h2-3,5H,4,6-7H2,1H3,(H,16,17,18,19). The summed E-state index contributed by atoms with van der Waals surface area (Å²) in [5, 5.41) is 3.95. The molecule has 4 heterocycles. The molecule has 7 heteroatoms. The first kappa shape index (κ1) is 12.6. The third-order valence-corrected chi connectivity index (χ3v) is 4.30. The molecule has 4 rings (SSSR count). The summed E-state index contributed by atoms with van der Waals surface area (Å²) in [7, 11) is 0. The van der Waals surface area contributed by atoms with Crippen LogP contribution in [0.5, 0.6) is 0 Å². The number of thiazole rings is 1. The Morgan fingerprint density at radius 1 is 1.29 bits per heavy atom. The van der Waals surface area contributed by atoms with E-state index < -0.39 is 0 Å². The van der Waals surface area contributed by atoms with Gasteiger partial charge in [-0.25, -0.2) is 15.0 Å². The molecule has 2 aliphatic heterocycles. The van der Waals surface area contributed by atoms with E-state index in [1.807, 2.05) is 19.2 Å². The molecular weight excluding hydrogens is 286 g/mol. The van der Waals surface area contributed by atoms with Crippen molar-refractivity contribution < 1.29 is 4.74 Å². The number of hydrogen-bond acceptors (Lipinski definition) is 7. The van der Waals surface area contributed by atoms with Crippen LogP contribution in [0, 0.1) is 6.92 Å². The Balaban J connectivity index is 1.69. The highest BCUT2D eigenvalue weighted by Gasteiger charge is 2.23. The van der Waals surface area contributed by atoms with Crippen molar-refractivity contribution in [3.05, 3.63) is 34.1 Å². The molecule has 0 spiro atoms. The van der Waals surface area contributed by atoms with Crippen LogP contribution in [0.25, 0.3) is 5.57 Å². The highest BCUT2D eigenvalue weighted by Crippen LogP contribution is 2.34. The molecule has 0 saturated heterocycles. The zero-order valence-electron chi connectivity index (χ0n) is 11.5. The van der Waals surface area contributed by atoms with Crippen LogP contribution in [0.4, 0.5) is 11.1 Å². The molecule has 106 valence electrons. The molecule has 0 atom stereocenters. The molecule has 0 aliphatic carbocycles. The number of aryl methyl sites for hydroxylation is 1. The molecule has 0 saturated carbocycles. The van der Waals surface area contributed by atoms with Crippen molar-refractivity contribution in [2.24, 2.45) is 4.99 Å². The van der Waals surface area contributed by atoms with Gasteiger partial charge in [0.05, 0.1) is 30.3 Å². The number of fused-ring (bicyclic) bond motifs is 2. The van der Waals surface area contributed by atoms with Gasteiger partial charge in [0.15, 0.2) is 5.13 Å². The van der Waals surface area contributed by atoms with Crippen LogP contribution >= 0.6 is 11.3 Å². The Kier molecular flexibility index (Phi) is 3.01. The van der Waals surface area contributed by atoms with Crippen molar-refractivity contribution >= 4 is 34.2 Å². The summed E-state index contributed by atoms with van der Waals surface area (Å²) in [5.74, 6) is 0.564. The fourth-order valence-corrected chi connectivity index (χ4v) is 3.27. The van der Waals surface area contributed by atoms with E-state index in [2.05, 4.69) is 25.3 Å². The number of hydrogen-bond donors (Lipinski definition) is 1. The Morgan fingerprint density at radius 3 is 3.14 bits per heavy atom. The van der Waals surface area contributed by atoms with E-state index in [4.69, 9.17) is 4.74 Å². The molecule has 6 nitrogen and oxygen atoms in total. The van der Waals surface area contributed by atoms with Gasteiger partial charge >= 0.3 is 0 Å². The van der Waals surface area contributed by atoms with Crippen LogP contribution in [0.1, 0.15) is 16.3 Å². The maximum absolute atomic E-state index is 5.69. The molecule has 2 aromatic heterocycles. The number of aliphatic imine (C=N–C) groups is 1. The summed E-state index contributed by atoms with van der Waals surface area (Å²) in [4.78, 5) is 18.6. The summed E-state index contributed by atoms with van der Waals surface area (Å²) in [6, 6.07) is 1.86. The van der Waals surface area contributed by atoms with Crippen molar-refractivity contribution in [2.75, 3.05) is 18.5 Å². The lowest BCUT2D eigenvalue weighted by molar-refractivity contribution is 0.146. The van der Waals surface area contributed by atoms with E-state index in [1.165, 1.54) is 5.57 Å². The molecule has 21 heavy (non-hydrogen) atoms. The maximum Gasteiger partial charge on any atom is 0.229 e. The summed E-state index contributed by atoms with van der Waals surface area (Å²) in [6.45, 7) is 3.88. The molecule has 0 radical (unpaired) electrons. The van der Waals surface area contributed by atoms with Crippen LogP contribution in [0.15, 0.2) is 22.8 Å². The van der Waals surface area contributed by atoms with Crippen LogP contribution in [0.3, 0.4) is 0 Å². The molecule has 2 aliphatic rings. The number of nitrogens with zero attached hydrogens (tertiary/aromatic N) is 4. The number of allylic oxidation sites excluding steroid dienone is 1. The third kappa shape index (κ3) is 2.34. The molecule has 2 aromatic rings. The average molecular weight is 299 g/mol. The van der Waals surface area contributed by atoms with Gasteiger partial charge < -0.3 is 10.1 Å². The molecular formula is C14H13N5OS. The van der Waals surface area contributed by atoms with E-state index >= 15 is 0 Å². The van der Waals surface area contributed by atoms with E-state index in [0.717, 1.165) is 33.5 Å². The molecule has 0 fully saturated rings. The summed E-state index contributed by atoms with van der Waals surface area (Å²) < 4.78 is 5.69. The third-order valence-electron chi connectivity index (χ3n) is 3.36. The molecule has 0 aromatic carbocycles. The van der Waals surface area contributed by atoms with Gasteiger partial charge in [0, 0.05) is 23.7 Å². The fourth-order valence-electron chi connectivity index (χ4n) is 2.36. The van der Waals surface area contributed by atoms with Crippen LogP contribution in [-0.2, 0) is 11.3 Å². The second-order valence-corrected chi connectivity index (χ2v) is 6.00. The van der Waals surface area contributed by atoms with Gasteiger partial charge in [0.2, 0.25) is 5.95 Å². The first-order valence-corrected chi connectivity index (χ1v) is 7.47. The largest absolute Gasteiger partial charge is 0.371 e. The lowest BCUT2D eigenvalue weighted by Crippen LogP contribution is -1.99. The zero-order chi connectivity index (χ0) is 14.2. The monoisotopic (exact) mass is 299 g/mol. The second-order valence-electron chi connectivity index (χ2n) is 4.92. The van der Waals surface area contributed by atoms with E-state index in [1.54, 1.807) is 17.5 Å². The zero-order valence-corrected chi connectivity index (χ0v) is 12.3. The average Bonchev–Trinajstić information content (AvgIpc) is 3.03. The van der Waals surface area contributed by atoms with Gasteiger partial charge in [-0.2, -0.15) is 0 Å². The first-order valence-electron chi connectivity index (χ1n) is 6.66. The smallest absolute Gasteiger partial charge is 0.229 e. The fraction of sp³-hybridized carbons (Fsp3) is 0.286. The van der Waals surface area contributed by atoms with Crippen molar-refractivity contribution in [1.29, 1.82) is 0 Å². The predicted molar refractivity (Wildman–Crippen MR) is 82.1 cm³/mol. The van der Waals surface area contributed by atoms with Crippen LogP contribution in [0.2, 0.25) is 0 Å². The van der Waals surface area contributed by atoms with E-state index in [0.29, 0.717) is 19.2 Å². The van der Waals surface area contributed by atoms with Gasteiger partial charge in [0.1, 0.15) is 0 Å². The van der Waals surface area contributed by atoms with Crippen LogP contribution in [-0.4, -0.2) is 34.3 Å². The first-order chi connectivity index (χ1) is 10.3. The molecule has 0 amide bonds. The van der Waals surface area contributed by atoms with Gasteiger partial charge in [-0.3, -0.25) is 4.99 Å². The Hall–Kier alpha value is -2.12. The summed E-state index contributed by atoms with van der Waals surface area (Å²) >= 11 is 1.58. The summed E-state index contributed by atoms with van der Waals surface area (Å²) in [6.07, 6.45) is 3.63. The van der Waals surface area contributed by atoms with Crippen molar-refractivity contribution in [3.8, 4) is 0 Å². The van der Waals surface area contributed by atoms with Crippen molar-refractivity contribution in [2.45, 2.75) is 13.5 Å². The minimum atomic E-state index is 0.564. The SMILES string of the molecule is Cc1ccnc(Nc2nc3c(s2)COCC2=C3C=NC2)n1. The minimum absolute atomic E-state index is 0.564. The molecule has 0 bridgehead atoms. The summed E-state index contributed by atoms with van der Waals surface area (Å²) in [5.41, 5.74) is 4.21. The normalized spacial score (nSPS) is 16.6. The number of nitrogens with one attached hydrogen (secondary N) is 1. The number of aromatic nitrogens is 3. The topological polar surface area (TPSA) is 72.3 Å². The Bertz CT molecular complexity index is 764. The van der Waals surface area contributed by atoms with Gasteiger partial charge in [-0.15, -0.1) is 0 Å². The van der Waals surface area contributed by atoms with Crippen molar-refractivity contribution in [1.82, 2.24) is 15.0 Å². The number of rotatable bonds is 2. The Labute approximate surface area is 125 Å². The quantitative estimate of drug-likeness (QED) is 0.921. The number of ether oxygens (including phenoxy) is 1. The lowest BCUT2D eigenvalue weighted by Gasteiger charge is -2.02. The van der Waals surface area contributed by atoms with E-state index in [9.17, 15) is 0 Å². The van der Waals surface area contributed by atoms with Gasteiger partial charge in [-0.05, 0) is 18.6 Å². The minimum Gasteiger partial charge on any atom is -0.371 e. The Morgan fingerprint density at radius 2 is 2.24 bits per heavy atom. The second kappa shape index (κ2) is 5.01. The van der Waals surface area contributed by atoms with Crippen LogP contribution < -0.4 is 5.32 Å². The predicted octanol–water partition coefficient (Wildman–Crippen LogP) is 2.35. The highest BCUT2D eigenvalue weighted by molar-refractivity contribution is 7.15. The molecule has 0 unspecified atom stereocenters. The molecule has 1 N–H and O–H groups in total. The number of anilines is 2. The van der Waals surface area contributed by atoms with E-state index in [-0.39, 0.29) is 0 Å². The lowest BCUT2D eigenvalue weighted by atomic mass is 10.1.